The van der Waals surface area contributed by atoms with Gasteiger partial charge in [-0.15, -0.1) is 0 Å². The van der Waals surface area contributed by atoms with E-state index in [1.807, 2.05) is 6.92 Å². The number of rotatable bonds is 3. The second kappa shape index (κ2) is 6.15. The van der Waals surface area contributed by atoms with Crippen LogP contribution in [0.25, 0.3) is 0 Å². The largest absolute Gasteiger partial charge is 0.360 e. The summed E-state index contributed by atoms with van der Waals surface area (Å²) >= 11 is 8.27. The summed E-state index contributed by atoms with van der Waals surface area (Å²) in [4.78, 5) is 0. The molecule has 0 spiro atoms. The lowest BCUT2D eigenvalue weighted by atomic mass is 10.3. The van der Waals surface area contributed by atoms with E-state index in [0.717, 1.165) is 6.42 Å². The maximum Gasteiger partial charge on any atom is 0.171 e. The first-order chi connectivity index (χ1) is 7.52. The number of hydrogen-bond acceptors (Lipinski definition) is 1. The maximum atomic E-state index is 13.5. The molecule has 0 fully saturated rings. The number of thiocarbonyl (C=S) groups is 1. The molecule has 0 aromatic heterocycles. The Morgan fingerprint density at radius 2 is 2.25 bits per heavy atom. The lowest BCUT2D eigenvalue weighted by Crippen LogP contribution is -2.35. The monoisotopic (exact) mass is 304 g/mol. The van der Waals surface area contributed by atoms with Crippen LogP contribution in [-0.2, 0) is 0 Å². The SMILES string of the molecule is CC[C@H](C)NC(=S)Nc1ccc(Br)cc1F. The number of hydrogen-bond donors (Lipinski definition) is 2. The van der Waals surface area contributed by atoms with Crippen LogP contribution in [0.3, 0.4) is 0 Å². The maximum absolute atomic E-state index is 13.5. The van der Waals surface area contributed by atoms with Gasteiger partial charge in [0.1, 0.15) is 5.82 Å². The van der Waals surface area contributed by atoms with Gasteiger partial charge in [-0.25, -0.2) is 4.39 Å². The highest BCUT2D eigenvalue weighted by molar-refractivity contribution is 9.10. The molecular formula is C11H14BrFN2S. The Kier molecular flexibility index (Phi) is 5.15. The molecule has 0 saturated carbocycles. The summed E-state index contributed by atoms with van der Waals surface area (Å²) in [7, 11) is 0. The average Bonchev–Trinajstić information content (AvgIpc) is 2.22. The second-order valence-electron chi connectivity index (χ2n) is 3.53. The van der Waals surface area contributed by atoms with Crippen molar-refractivity contribution in [3.63, 3.8) is 0 Å². The fourth-order valence-electron chi connectivity index (χ4n) is 1.08. The highest BCUT2D eigenvalue weighted by atomic mass is 79.9. The first kappa shape index (κ1) is 13.4. The Hall–Kier alpha value is -0.680. The zero-order chi connectivity index (χ0) is 12.1. The van der Waals surface area contributed by atoms with Crippen LogP contribution in [-0.4, -0.2) is 11.2 Å². The van der Waals surface area contributed by atoms with Crippen molar-refractivity contribution in [1.82, 2.24) is 5.32 Å². The normalized spacial score (nSPS) is 12.0. The minimum absolute atomic E-state index is 0.276. The minimum atomic E-state index is -0.331. The molecule has 16 heavy (non-hydrogen) atoms. The van der Waals surface area contributed by atoms with E-state index in [4.69, 9.17) is 12.2 Å². The fraction of sp³-hybridized carbons (Fsp3) is 0.364. The van der Waals surface area contributed by atoms with Gasteiger partial charge in [-0.1, -0.05) is 22.9 Å². The molecule has 0 aliphatic heterocycles. The summed E-state index contributed by atoms with van der Waals surface area (Å²) < 4.78 is 14.2. The van der Waals surface area contributed by atoms with E-state index in [1.165, 1.54) is 6.07 Å². The van der Waals surface area contributed by atoms with Crippen molar-refractivity contribution in [1.29, 1.82) is 0 Å². The van der Waals surface area contributed by atoms with E-state index < -0.39 is 0 Å². The van der Waals surface area contributed by atoms with Crippen molar-refractivity contribution >= 4 is 38.9 Å². The van der Waals surface area contributed by atoms with Crippen LogP contribution in [0.1, 0.15) is 20.3 Å². The molecule has 0 heterocycles. The molecule has 0 radical (unpaired) electrons. The Balaban J connectivity index is 2.63. The summed E-state index contributed by atoms with van der Waals surface area (Å²) in [5.74, 6) is -0.331. The zero-order valence-corrected chi connectivity index (χ0v) is 11.6. The summed E-state index contributed by atoms with van der Waals surface area (Å²) in [6.45, 7) is 4.08. The molecule has 5 heteroatoms. The van der Waals surface area contributed by atoms with E-state index >= 15 is 0 Å². The number of halogens is 2. The molecular weight excluding hydrogens is 291 g/mol. The van der Waals surface area contributed by atoms with E-state index in [-0.39, 0.29) is 11.9 Å². The van der Waals surface area contributed by atoms with Crippen molar-refractivity contribution in [3.8, 4) is 0 Å². The molecule has 1 aromatic carbocycles. The van der Waals surface area contributed by atoms with Crippen LogP contribution in [0.2, 0.25) is 0 Å². The van der Waals surface area contributed by atoms with Crippen LogP contribution in [0.5, 0.6) is 0 Å². The summed E-state index contributed by atoms with van der Waals surface area (Å²) in [5, 5.41) is 6.33. The lowest BCUT2D eigenvalue weighted by molar-refractivity contribution is 0.628. The first-order valence-electron chi connectivity index (χ1n) is 5.05. The average molecular weight is 305 g/mol. The third kappa shape index (κ3) is 4.06. The molecule has 0 bridgehead atoms. The van der Waals surface area contributed by atoms with Gasteiger partial charge in [-0.3, -0.25) is 0 Å². The van der Waals surface area contributed by atoms with Crippen LogP contribution >= 0.6 is 28.1 Å². The van der Waals surface area contributed by atoms with Crippen molar-refractivity contribution in [3.05, 3.63) is 28.5 Å². The number of anilines is 1. The van der Waals surface area contributed by atoms with Crippen LogP contribution in [0, 0.1) is 5.82 Å². The van der Waals surface area contributed by atoms with E-state index in [0.29, 0.717) is 15.3 Å². The van der Waals surface area contributed by atoms with Gasteiger partial charge >= 0.3 is 0 Å². The van der Waals surface area contributed by atoms with Gasteiger partial charge in [-0.05, 0) is 43.8 Å². The lowest BCUT2D eigenvalue weighted by Gasteiger charge is -2.15. The van der Waals surface area contributed by atoms with Gasteiger partial charge < -0.3 is 10.6 Å². The number of nitrogens with one attached hydrogen (secondary N) is 2. The molecule has 1 atom stereocenters. The molecule has 0 aliphatic carbocycles. The smallest absolute Gasteiger partial charge is 0.171 e. The Morgan fingerprint density at radius 1 is 1.56 bits per heavy atom. The van der Waals surface area contributed by atoms with Gasteiger partial charge in [-0.2, -0.15) is 0 Å². The molecule has 88 valence electrons. The van der Waals surface area contributed by atoms with Crippen LogP contribution in [0.15, 0.2) is 22.7 Å². The third-order valence-electron chi connectivity index (χ3n) is 2.17. The predicted molar refractivity (Wildman–Crippen MR) is 73.2 cm³/mol. The second-order valence-corrected chi connectivity index (χ2v) is 4.86. The van der Waals surface area contributed by atoms with Gasteiger partial charge in [0, 0.05) is 10.5 Å². The van der Waals surface area contributed by atoms with Crippen molar-refractivity contribution < 1.29 is 4.39 Å². The van der Waals surface area contributed by atoms with Gasteiger partial charge in [0.2, 0.25) is 0 Å². The molecule has 1 rings (SSSR count). The highest BCUT2D eigenvalue weighted by Gasteiger charge is 2.06. The third-order valence-corrected chi connectivity index (χ3v) is 2.88. The van der Waals surface area contributed by atoms with E-state index in [9.17, 15) is 4.39 Å². The van der Waals surface area contributed by atoms with Crippen molar-refractivity contribution in [2.45, 2.75) is 26.3 Å². The Labute approximate surface area is 109 Å². The van der Waals surface area contributed by atoms with Gasteiger partial charge in [0.25, 0.3) is 0 Å². The van der Waals surface area contributed by atoms with Crippen LogP contribution < -0.4 is 10.6 Å². The van der Waals surface area contributed by atoms with E-state index in [2.05, 4.69) is 33.5 Å². The first-order valence-corrected chi connectivity index (χ1v) is 6.25. The minimum Gasteiger partial charge on any atom is -0.360 e. The molecule has 0 amide bonds. The molecule has 2 N–H and O–H groups in total. The summed E-state index contributed by atoms with van der Waals surface area (Å²) in [6.07, 6.45) is 0.963. The molecule has 1 aromatic rings. The summed E-state index contributed by atoms with van der Waals surface area (Å²) in [6, 6.07) is 5.08. The van der Waals surface area contributed by atoms with Crippen molar-refractivity contribution in [2.24, 2.45) is 0 Å². The van der Waals surface area contributed by atoms with Crippen molar-refractivity contribution in [2.75, 3.05) is 5.32 Å². The Bertz CT molecular complexity index is 384. The standard InChI is InChI=1S/C11H14BrFN2S/c1-3-7(2)14-11(16)15-10-5-4-8(12)6-9(10)13/h4-7H,3H2,1-2H3,(H2,14,15,16)/t7-/m0/s1. The van der Waals surface area contributed by atoms with Gasteiger partial charge in [0.05, 0.1) is 5.69 Å². The quantitative estimate of drug-likeness (QED) is 0.833. The predicted octanol–water partition coefficient (Wildman–Crippen LogP) is 3.67. The zero-order valence-electron chi connectivity index (χ0n) is 9.18. The molecule has 0 saturated heterocycles. The number of benzene rings is 1. The van der Waals surface area contributed by atoms with Gasteiger partial charge in [0.15, 0.2) is 5.11 Å². The fourth-order valence-corrected chi connectivity index (χ4v) is 1.72. The molecule has 2 nitrogen and oxygen atoms in total. The van der Waals surface area contributed by atoms with Crippen LogP contribution in [0.4, 0.5) is 10.1 Å². The molecule has 0 unspecified atom stereocenters. The molecule has 0 aliphatic rings. The Morgan fingerprint density at radius 3 is 2.81 bits per heavy atom. The topological polar surface area (TPSA) is 24.1 Å². The van der Waals surface area contributed by atoms with E-state index in [1.54, 1.807) is 12.1 Å². The summed E-state index contributed by atoms with van der Waals surface area (Å²) in [5.41, 5.74) is 0.379. The highest BCUT2D eigenvalue weighted by Crippen LogP contribution is 2.19.